The van der Waals surface area contributed by atoms with E-state index in [1.807, 2.05) is 48.4 Å². The van der Waals surface area contributed by atoms with Gasteiger partial charge in [0.1, 0.15) is 0 Å². The van der Waals surface area contributed by atoms with Crippen molar-refractivity contribution >= 4 is 26.8 Å². The Morgan fingerprint density at radius 2 is 1.86 bits per heavy atom. The molecule has 1 atom stereocenters. The standard InChI is InChI=1S/C27H31IN3O4S/c1-4-27(18-31(23-9-10-23)26(32)16-35-27)17-28-30(3)36(33,34)24-11-7-20(8-12-24)21-5-6-22-13-19(2)15-29-25(22)14-21/h5-8,11-15,23H,4,9-10,16-18H2,1-3H3/q-1. The molecule has 7 nitrogen and oxygen atoms in total. The van der Waals surface area contributed by atoms with Crippen LogP contribution in [0.15, 0.2) is 59.6 Å². The number of amides is 1. The third-order valence-electron chi connectivity index (χ3n) is 7.02. The summed E-state index contributed by atoms with van der Waals surface area (Å²) < 4.78 is 34.8. The van der Waals surface area contributed by atoms with Crippen LogP contribution in [0.25, 0.3) is 22.0 Å². The van der Waals surface area contributed by atoms with E-state index in [4.69, 9.17) is 4.74 Å². The number of sulfonamides is 1. The van der Waals surface area contributed by atoms with E-state index in [2.05, 4.69) is 18.0 Å². The van der Waals surface area contributed by atoms with E-state index in [1.165, 1.54) is 2.52 Å². The first kappa shape index (κ1) is 25.6. The fourth-order valence-corrected chi connectivity index (χ4v) is 9.59. The van der Waals surface area contributed by atoms with Gasteiger partial charge in [-0.3, -0.25) is 0 Å². The number of morpholine rings is 1. The molecule has 1 amide bonds. The van der Waals surface area contributed by atoms with Crippen molar-refractivity contribution in [3.05, 3.63) is 60.3 Å². The Morgan fingerprint density at radius 3 is 2.56 bits per heavy atom. The summed E-state index contributed by atoms with van der Waals surface area (Å²) in [7, 11) is -1.95. The molecule has 2 heterocycles. The van der Waals surface area contributed by atoms with Gasteiger partial charge in [-0.25, -0.2) is 0 Å². The molecule has 2 fully saturated rings. The molecule has 1 aliphatic carbocycles. The van der Waals surface area contributed by atoms with Crippen molar-refractivity contribution in [2.75, 3.05) is 24.6 Å². The Morgan fingerprint density at radius 1 is 1.14 bits per heavy atom. The first-order valence-corrected chi connectivity index (χ1v) is 16.1. The topological polar surface area (TPSA) is 79.8 Å². The number of pyridine rings is 1. The summed E-state index contributed by atoms with van der Waals surface area (Å²) in [4.78, 5) is 19.0. The second-order valence-electron chi connectivity index (χ2n) is 9.67. The van der Waals surface area contributed by atoms with Crippen LogP contribution in [0.5, 0.6) is 0 Å². The summed E-state index contributed by atoms with van der Waals surface area (Å²) in [5, 5.41) is 1.08. The molecule has 0 radical (unpaired) electrons. The fourth-order valence-electron chi connectivity index (χ4n) is 4.48. The van der Waals surface area contributed by atoms with Crippen LogP contribution >= 0.6 is 0 Å². The minimum atomic E-state index is -3.61. The first-order chi connectivity index (χ1) is 17.2. The predicted molar refractivity (Wildman–Crippen MR) is 135 cm³/mol. The number of nitrogens with zero attached hydrogens (tertiary/aromatic N) is 3. The number of carbonyl (C=O) groups is 1. The monoisotopic (exact) mass is 620 g/mol. The van der Waals surface area contributed by atoms with E-state index in [0.717, 1.165) is 46.9 Å². The van der Waals surface area contributed by atoms with Crippen LogP contribution in [0.3, 0.4) is 0 Å². The van der Waals surface area contributed by atoms with Crippen LogP contribution in [0.4, 0.5) is 0 Å². The van der Waals surface area contributed by atoms with Crippen molar-refractivity contribution in [3.8, 4) is 11.1 Å². The van der Waals surface area contributed by atoms with Crippen LogP contribution in [-0.2, 0) is 19.6 Å². The number of ether oxygens (including phenoxy) is 1. The molecule has 2 aromatic carbocycles. The zero-order chi connectivity index (χ0) is 25.5. The van der Waals surface area contributed by atoms with Crippen molar-refractivity contribution in [2.24, 2.45) is 0 Å². The molecule has 192 valence electrons. The van der Waals surface area contributed by atoms with Gasteiger partial charge >= 0.3 is 217 Å². The van der Waals surface area contributed by atoms with Gasteiger partial charge in [-0.05, 0) is 6.92 Å². The normalized spacial score (nSPS) is 21.0. The first-order valence-electron chi connectivity index (χ1n) is 12.2. The number of carbonyl (C=O) groups excluding carboxylic acids is 1. The molecule has 5 rings (SSSR count). The van der Waals surface area contributed by atoms with Gasteiger partial charge in [-0.15, -0.1) is 0 Å². The summed E-state index contributed by atoms with van der Waals surface area (Å²) in [6, 6.07) is 15.6. The van der Waals surface area contributed by atoms with E-state index in [1.54, 1.807) is 19.2 Å². The number of hydrogen-bond donors (Lipinski definition) is 0. The van der Waals surface area contributed by atoms with Crippen LogP contribution in [-0.4, -0.2) is 63.0 Å². The van der Waals surface area contributed by atoms with Crippen LogP contribution in [0, 0.1) is 6.92 Å². The molecule has 9 heteroatoms. The molecule has 1 saturated carbocycles. The maximum atomic E-state index is 13.3. The zero-order valence-electron chi connectivity index (χ0n) is 20.8. The van der Waals surface area contributed by atoms with Crippen molar-refractivity contribution in [2.45, 2.75) is 49.6 Å². The number of alkyl halides is 1. The van der Waals surface area contributed by atoms with E-state index >= 15 is 0 Å². The molecular weight excluding hydrogens is 589 g/mol. The van der Waals surface area contributed by atoms with Gasteiger partial charge in [-0.1, -0.05) is 0 Å². The number of aryl methyl sites for hydroxylation is 1. The molecule has 1 aliphatic heterocycles. The van der Waals surface area contributed by atoms with E-state index in [0.29, 0.717) is 17.0 Å². The average Bonchev–Trinajstić information content (AvgIpc) is 3.73. The second kappa shape index (κ2) is 10.00. The second-order valence-corrected chi connectivity index (χ2v) is 15.2. The molecule has 2 aliphatic rings. The summed E-state index contributed by atoms with van der Waals surface area (Å²) in [6.07, 6.45) is 4.72. The quantitative estimate of drug-likeness (QED) is 0.214. The number of halogens is 1. The molecule has 3 aromatic rings. The van der Waals surface area contributed by atoms with Gasteiger partial charge in [-0.2, -0.15) is 0 Å². The SMILES string of the molecule is CCC1(C[I-]N(C)S(=O)(=O)c2ccc(-c3ccc4cc(C)cnc4c3)cc2)CN(C2CC2)C(=O)CO1. The number of benzene rings is 2. The molecule has 0 N–H and O–H groups in total. The molecule has 0 spiro atoms. The van der Waals surface area contributed by atoms with Crippen LogP contribution < -0.4 is 21.5 Å². The summed E-state index contributed by atoms with van der Waals surface area (Å²) >= 11 is -0.869. The Kier molecular flexibility index (Phi) is 7.10. The maximum absolute atomic E-state index is 13.3. The predicted octanol–water partition coefficient (Wildman–Crippen LogP) is 1.00. The molecule has 1 saturated heterocycles. The van der Waals surface area contributed by atoms with Crippen molar-refractivity contribution in [1.82, 2.24) is 12.4 Å². The zero-order valence-corrected chi connectivity index (χ0v) is 23.8. The Labute approximate surface area is 223 Å². The van der Waals surface area contributed by atoms with E-state index in [-0.39, 0.29) is 17.4 Å². The van der Waals surface area contributed by atoms with E-state index in [9.17, 15) is 13.2 Å². The Bertz CT molecular complexity index is 1390. The number of hydrogen-bond acceptors (Lipinski definition) is 5. The van der Waals surface area contributed by atoms with Gasteiger partial charge in [0.15, 0.2) is 0 Å². The van der Waals surface area contributed by atoms with Crippen LogP contribution in [0.1, 0.15) is 31.7 Å². The van der Waals surface area contributed by atoms with Crippen molar-refractivity contribution in [3.63, 3.8) is 0 Å². The minimum absolute atomic E-state index is 0.0538. The summed E-state index contributed by atoms with van der Waals surface area (Å²) in [6.45, 7) is 4.74. The Balaban J connectivity index is 1.28. The number of aromatic nitrogens is 1. The van der Waals surface area contributed by atoms with Gasteiger partial charge in [0.25, 0.3) is 0 Å². The molecule has 1 unspecified atom stereocenters. The van der Waals surface area contributed by atoms with Crippen molar-refractivity contribution < 1.29 is 39.4 Å². The molecule has 1 aromatic heterocycles. The summed E-state index contributed by atoms with van der Waals surface area (Å²) in [5.41, 5.74) is 3.51. The number of rotatable bonds is 8. The van der Waals surface area contributed by atoms with Gasteiger partial charge < -0.3 is 0 Å². The molecular formula is C27H31IN3O4S-. The Hall–Kier alpha value is -2.08. The summed E-state index contributed by atoms with van der Waals surface area (Å²) in [5.74, 6) is 0.0538. The van der Waals surface area contributed by atoms with E-state index < -0.39 is 37.1 Å². The van der Waals surface area contributed by atoms with Gasteiger partial charge in [0.2, 0.25) is 0 Å². The average molecular weight is 621 g/mol. The fraction of sp³-hybridized carbons (Fsp3) is 0.407. The number of fused-ring (bicyclic) bond motifs is 1. The molecule has 0 bridgehead atoms. The van der Waals surface area contributed by atoms with Gasteiger partial charge in [0, 0.05) is 0 Å². The molecule has 36 heavy (non-hydrogen) atoms. The third-order valence-corrected chi connectivity index (χ3v) is 13.5. The van der Waals surface area contributed by atoms with Crippen LogP contribution in [0.2, 0.25) is 0 Å². The third kappa shape index (κ3) is 5.16. The van der Waals surface area contributed by atoms with Gasteiger partial charge in [0.05, 0.1) is 0 Å². The van der Waals surface area contributed by atoms with Crippen molar-refractivity contribution in [1.29, 1.82) is 0 Å².